The maximum absolute atomic E-state index is 5.56. The smallest absolute Gasteiger partial charge is 0.226 e. The SMILES string of the molecule is CC1OC1Oc1ccc(/N=N/c2ccccc2)cc1. The number of ether oxygens (including phenoxy) is 2. The molecule has 96 valence electrons. The number of benzene rings is 2. The van der Waals surface area contributed by atoms with Crippen molar-refractivity contribution >= 4 is 11.4 Å². The van der Waals surface area contributed by atoms with Crippen LogP contribution in [-0.4, -0.2) is 12.4 Å². The lowest BCUT2D eigenvalue weighted by molar-refractivity contribution is 0.178. The summed E-state index contributed by atoms with van der Waals surface area (Å²) < 4.78 is 10.8. The summed E-state index contributed by atoms with van der Waals surface area (Å²) in [6.45, 7) is 1.98. The summed E-state index contributed by atoms with van der Waals surface area (Å²) in [5, 5.41) is 8.32. The highest BCUT2D eigenvalue weighted by atomic mass is 16.8. The van der Waals surface area contributed by atoms with Gasteiger partial charge in [0.2, 0.25) is 6.29 Å². The van der Waals surface area contributed by atoms with Gasteiger partial charge in [0.25, 0.3) is 0 Å². The van der Waals surface area contributed by atoms with E-state index >= 15 is 0 Å². The van der Waals surface area contributed by atoms with Crippen LogP contribution in [0.15, 0.2) is 64.8 Å². The van der Waals surface area contributed by atoms with Gasteiger partial charge in [0, 0.05) is 0 Å². The van der Waals surface area contributed by atoms with Crippen LogP contribution in [0.5, 0.6) is 5.75 Å². The minimum Gasteiger partial charge on any atom is -0.462 e. The molecule has 1 fully saturated rings. The molecule has 0 aromatic heterocycles. The Bertz CT molecular complexity index is 566. The van der Waals surface area contributed by atoms with Gasteiger partial charge in [-0.1, -0.05) is 18.2 Å². The van der Waals surface area contributed by atoms with Gasteiger partial charge in [0.05, 0.1) is 11.4 Å². The number of hydrogen-bond donors (Lipinski definition) is 0. The van der Waals surface area contributed by atoms with Gasteiger partial charge in [-0.05, 0) is 43.3 Å². The molecule has 0 bridgehead atoms. The van der Waals surface area contributed by atoms with Crippen molar-refractivity contribution in [3.8, 4) is 5.75 Å². The molecule has 2 unspecified atom stereocenters. The normalized spacial score (nSPS) is 21.5. The van der Waals surface area contributed by atoms with Crippen molar-refractivity contribution in [2.24, 2.45) is 10.2 Å². The van der Waals surface area contributed by atoms with Crippen LogP contribution in [0.4, 0.5) is 11.4 Å². The summed E-state index contributed by atoms with van der Waals surface area (Å²) >= 11 is 0. The third-order valence-electron chi connectivity index (χ3n) is 2.78. The zero-order chi connectivity index (χ0) is 13.1. The Morgan fingerprint density at radius 1 is 0.895 bits per heavy atom. The van der Waals surface area contributed by atoms with E-state index in [-0.39, 0.29) is 12.4 Å². The van der Waals surface area contributed by atoms with E-state index in [2.05, 4.69) is 10.2 Å². The molecule has 0 saturated carbocycles. The van der Waals surface area contributed by atoms with Crippen molar-refractivity contribution < 1.29 is 9.47 Å². The lowest BCUT2D eigenvalue weighted by Crippen LogP contribution is -2.00. The van der Waals surface area contributed by atoms with Crippen molar-refractivity contribution in [1.29, 1.82) is 0 Å². The molecule has 2 aromatic carbocycles. The maximum Gasteiger partial charge on any atom is 0.226 e. The molecule has 2 atom stereocenters. The van der Waals surface area contributed by atoms with Gasteiger partial charge in [-0.15, -0.1) is 0 Å². The third kappa shape index (κ3) is 3.17. The summed E-state index contributed by atoms with van der Waals surface area (Å²) in [5.41, 5.74) is 1.63. The molecule has 4 heteroatoms. The van der Waals surface area contributed by atoms with E-state index in [1.165, 1.54) is 0 Å². The maximum atomic E-state index is 5.56. The Hall–Kier alpha value is -2.20. The number of rotatable bonds is 4. The summed E-state index contributed by atoms with van der Waals surface area (Å²) in [7, 11) is 0. The fourth-order valence-electron chi connectivity index (χ4n) is 1.63. The van der Waals surface area contributed by atoms with Crippen LogP contribution >= 0.6 is 0 Å². The highest BCUT2D eigenvalue weighted by Crippen LogP contribution is 2.27. The van der Waals surface area contributed by atoms with E-state index in [4.69, 9.17) is 9.47 Å². The molecule has 2 aromatic rings. The zero-order valence-corrected chi connectivity index (χ0v) is 10.6. The first-order valence-electron chi connectivity index (χ1n) is 6.20. The molecule has 1 aliphatic rings. The molecule has 0 aliphatic carbocycles. The molecular formula is C15H14N2O2. The number of epoxide rings is 1. The minimum absolute atomic E-state index is 0.100. The molecule has 0 radical (unpaired) electrons. The van der Waals surface area contributed by atoms with E-state index in [1.807, 2.05) is 61.5 Å². The molecule has 0 spiro atoms. The minimum atomic E-state index is -0.100. The van der Waals surface area contributed by atoms with Crippen LogP contribution in [0.1, 0.15) is 6.92 Å². The fourth-order valence-corrected chi connectivity index (χ4v) is 1.63. The van der Waals surface area contributed by atoms with E-state index in [9.17, 15) is 0 Å². The standard InChI is InChI=1S/C15H14N2O2/c1-11-15(18-11)19-14-9-7-13(8-10-14)17-16-12-5-3-2-4-6-12/h2-11,15H,1H3/b17-16+. The van der Waals surface area contributed by atoms with Crippen LogP contribution in [0.25, 0.3) is 0 Å². The molecule has 4 nitrogen and oxygen atoms in total. The first kappa shape index (κ1) is 11.9. The van der Waals surface area contributed by atoms with E-state index in [1.54, 1.807) is 0 Å². The second-order valence-corrected chi connectivity index (χ2v) is 4.36. The number of azo groups is 1. The average molecular weight is 254 g/mol. The number of hydrogen-bond acceptors (Lipinski definition) is 4. The van der Waals surface area contributed by atoms with Crippen molar-refractivity contribution in [3.63, 3.8) is 0 Å². The molecule has 0 amide bonds. The van der Waals surface area contributed by atoms with E-state index in [0.717, 1.165) is 17.1 Å². The number of nitrogens with zero attached hydrogens (tertiary/aromatic N) is 2. The second kappa shape index (κ2) is 5.20. The lowest BCUT2D eigenvalue weighted by Gasteiger charge is -2.01. The fraction of sp³-hybridized carbons (Fsp3) is 0.200. The van der Waals surface area contributed by atoms with Gasteiger partial charge < -0.3 is 9.47 Å². The van der Waals surface area contributed by atoms with E-state index in [0.29, 0.717) is 0 Å². The summed E-state index contributed by atoms with van der Waals surface area (Å²) in [6, 6.07) is 17.1. The van der Waals surface area contributed by atoms with Gasteiger partial charge in [-0.25, -0.2) is 0 Å². The van der Waals surface area contributed by atoms with Crippen molar-refractivity contribution in [1.82, 2.24) is 0 Å². The Balaban J connectivity index is 1.64. The molecule has 1 aliphatic heterocycles. The topological polar surface area (TPSA) is 46.5 Å². The van der Waals surface area contributed by atoms with Crippen molar-refractivity contribution in [2.45, 2.75) is 19.3 Å². The second-order valence-electron chi connectivity index (χ2n) is 4.36. The van der Waals surface area contributed by atoms with E-state index < -0.39 is 0 Å². The van der Waals surface area contributed by atoms with Gasteiger partial charge in [0.15, 0.2) is 0 Å². The average Bonchev–Trinajstić information content (AvgIpc) is 3.14. The van der Waals surface area contributed by atoms with Crippen LogP contribution in [0.3, 0.4) is 0 Å². The molecule has 19 heavy (non-hydrogen) atoms. The largest absolute Gasteiger partial charge is 0.462 e. The molecule has 1 saturated heterocycles. The van der Waals surface area contributed by atoms with Gasteiger partial charge in [0.1, 0.15) is 11.9 Å². The van der Waals surface area contributed by atoms with Crippen molar-refractivity contribution in [2.75, 3.05) is 0 Å². The van der Waals surface area contributed by atoms with Crippen LogP contribution in [0, 0.1) is 0 Å². The summed E-state index contributed by atoms with van der Waals surface area (Å²) in [5.74, 6) is 0.785. The summed E-state index contributed by atoms with van der Waals surface area (Å²) in [6.07, 6.45) is 0.0919. The highest BCUT2D eigenvalue weighted by molar-refractivity contribution is 5.42. The van der Waals surface area contributed by atoms with Crippen LogP contribution in [-0.2, 0) is 4.74 Å². The third-order valence-corrected chi connectivity index (χ3v) is 2.78. The predicted octanol–water partition coefficient (Wildman–Crippen LogP) is 4.23. The van der Waals surface area contributed by atoms with Crippen LogP contribution in [0.2, 0.25) is 0 Å². The molecular weight excluding hydrogens is 240 g/mol. The quantitative estimate of drug-likeness (QED) is 0.605. The first-order chi connectivity index (χ1) is 9.31. The van der Waals surface area contributed by atoms with Crippen LogP contribution < -0.4 is 4.74 Å². The predicted molar refractivity (Wildman–Crippen MR) is 72.0 cm³/mol. The Kier molecular flexibility index (Phi) is 3.25. The highest BCUT2D eigenvalue weighted by Gasteiger charge is 2.36. The summed E-state index contributed by atoms with van der Waals surface area (Å²) in [4.78, 5) is 0. The van der Waals surface area contributed by atoms with Gasteiger partial charge in [-0.2, -0.15) is 10.2 Å². The Morgan fingerprint density at radius 3 is 2.05 bits per heavy atom. The Morgan fingerprint density at radius 2 is 1.47 bits per heavy atom. The molecule has 3 rings (SSSR count). The zero-order valence-electron chi connectivity index (χ0n) is 10.6. The monoisotopic (exact) mass is 254 g/mol. The van der Waals surface area contributed by atoms with Crippen molar-refractivity contribution in [3.05, 3.63) is 54.6 Å². The van der Waals surface area contributed by atoms with Gasteiger partial charge in [-0.3, -0.25) is 0 Å². The Labute approximate surface area is 111 Å². The molecule has 0 N–H and O–H groups in total. The van der Waals surface area contributed by atoms with Gasteiger partial charge >= 0.3 is 0 Å². The lowest BCUT2D eigenvalue weighted by atomic mass is 10.3. The first-order valence-corrected chi connectivity index (χ1v) is 6.20. The molecule has 1 heterocycles.